The van der Waals surface area contributed by atoms with Gasteiger partial charge in [-0.3, -0.25) is 14.5 Å². The molecule has 1 saturated carbocycles. The van der Waals surface area contributed by atoms with Gasteiger partial charge in [0, 0.05) is 44.6 Å². The summed E-state index contributed by atoms with van der Waals surface area (Å²) in [5.74, 6) is -0.413. The van der Waals surface area contributed by atoms with Gasteiger partial charge in [-0.2, -0.15) is 4.31 Å². The van der Waals surface area contributed by atoms with Crippen LogP contribution < -0.4 is 5.32 Å². The average Bonchev–Trinajstić information content (AvgIpc) is 3.36. The van der Waals surface area contributed by atoms with Crippen LogP contribution in [-0.2, 0) is 19.6 Å². The van der Waals surface area contributed by atoms with Crippen molar-refractivity contribution in [3.8, 4) is 0 Å². The summed E-state index contributed by atoms with van der Waals surface area (Å²) in [6.07, 6.45) is 4.71. The number of hydrogen-bond donors (Lipinski definition) is 1. The SMILES string of the molecule is O=C(CCN1C(=O)NC2(CCCC2)C1=O)N1CCN(S(=O)(=O)C=Cc2ccccc2)CC1. The third-order valence-electron chi connectivity index (χ3n) is 6.44. The van der Waals surface area contributed by atoms with Crippen LogP contribution in [0.4, 0.5) is 4.79 Å². The lowest BCUT2D eigenvalue weighted by Crippen LogP contribution is -2.50. The van der Waals surface area contributed by atoms with Crippen LogP contribution in [0.25, 0.3) is 6.08 Å². The Morgan fingerprint density at radius 3 is 2.34 bits per heavy atom. The molecule has 1 aromatic carbocycles. The van der Waals surface area contributed by atoms with Crippen LogP contribution >= 0.6 is 0 Å². The number of hydrogen-bond acceptors (Lipinski definition) is 5. The zero-order chi connectivity index (χ0) is 22.8. The number of amides is 4. The minimum Gasteiger partial charge on any atom is -0.340 e. The Morgan fingerprint density at radius 1 is 1.03 bits per heavy atom. The molecule has 10 heteroatoms. The molecule has 4 amide bonds. The molecule has 0 aromatic heterocycles. The standard InChI is InChI=1S/C22H28N4O5S/c27-19(8-12-26-20(28)22(23-21(26)29)10-4-5-11-22)24-13-15-25(16-14-24)32(30,31)17-9-18-6-2-1-3-7-18/h1-3,6-7,9,17H,4-5,8,10-16H2,(H,23,29). The predicted molar refractivity (Wildman–Crippen MR) is 119 cm³/mol. The third-order valence-corrected chi connectivity index (χ3v) is 8.00. The van der Waals surface area contributed by atoms with Crippen molar-refractivity contribution in [2.24, 2.45) is 0 Å². The number of nitrogens with one attached hydrogen (secondary N) is 1. The van der Waals surface area contributed by atoms with Crippen LogP contribution in [0.5, 0.6) is 0 Å². The van der Waals surface area contributed by atoms with Gasteiger partial charge in [0.2, 0.25) is 15.9 Å². The highest BCUT2D eigenvalue weighted by Crippen LogP contribution is 2.35. The summed E-state index contributed by atoms with van der Waals surface area (Å²) in [4.78, 5) is 40.3. The summed E-state index contributed by atoms with van der Waals surface area (Å²) in [6, 6.07) is 8.75. The van der Waals surface area contributed by atoms with Crippen LogP contribution in [0.15, 0.2) is 35.7 Å². The number of imide groups is 1. The Kier molecular flexibility index (Phi) is 6.34. The number of carbonyl (C=O) groups is 3. The van der Waals surface area contributed by atoms with Crippen LogP contribution in [0.2, 0.25) is 0 Å². The van der Waals surface area contributed by atoms with E-state index in [0.717, 1.165) is 23.3 Å². The number of rotatable bonds is 6. The lowest BCUT2D eigenvalue weighted by Gasteiger charge is -2.33. The van der Waals surface area contributed by atoms with Gasteiger partial charge in [-0.25, -0.2) is 13.2 Å². The highest BCUT2D eigenvalue weighted by Gasteiger charge is 2.52. The van der Waals surface area contributed by atoms with Crippen LogP contribution in [0.1, 0.15) is 37.7 Å². The van der Waals surface area contributed by atoms with Crippen molar-refractivity contribution in [2.45, 2.75) is 37.6 Å². The molecule has 0 unspecified atom stereocenters. The molecule has 4 rings (SSSR count). The molecular formula is C22H28N4O5S. The fourth-order valence-corrected chi connectivity index (χ4v) is 5.74. The van der Waals surface area contributed by atoms with Crippen LogP contribution in [0, 0.1) is 0 Å². The fraction of sp³-hybridized carbons (Fsp3) is 0.500. The summed E-state index contributed by atoms with van der Waals surface area (Å²) in [5, 5.41) is 4.00. The molecule has 0 bridgehead atoms. The molecule has 2 aliphatic heterocycles. The van der Waals surface area contributed by atoms with E-state index in [1.165, 1.54) is 9.71 Å². The molecule has 1 aromatic rings. The molecule has 0 radical (unpaired) electrons. The van der Waals surface area contributed by atoms with Crippen molar-refractivity contribution >= 4 is 33.9 Å². The van der Waals surface area contributed by atoms with E-state index < -0.39 is 21.6 Å². The third kappa shape index (κ3) is 4.56. The molecule has 3 aliphatic rings. The van der Waals surface area contributed by atoms with Crippen molar-refractivity contribution in [1.82, 2.24) is 19.4 Å². The van der Waals surface area contributed by atoms with Crippen LogP contribution in [0.3, 0.4) is 0 Å². The highest BCUT2D eigenvalue weighted by molar-refractivity contribution is 7.92. The molecule has 3 fully saturated rings. The Bertz CT molecular complexity index is 1010. The van der Waals surface area contributed by atoms with E-state index in [1.54, 1.807) is 11.0 Å². The molecule has 2 heterocycles. The molecule has 1 N–H and O–H groups in total. The van der Waals surface area contributed by atoms with Gasteiger partial charge in [-0.05, 0) is 24.5 Å². The van der Waals surface area contributed by atoms with E-state index in [1.807, 2.05) is 30.3 Å². The first-order valence-electron chi connectivity index (χ1n) is 11.0. The normalized spacial score (nSPS) is 21.6. The minimum absolute atomic E-state index is 0.0376. The first-order chi connectivity index (χ1) is 15.3. The van der Waals surface area contributed by atoms with Gasteiger partial charge in [-0.1, -0.05) is 43.2 Å². The van der Waals surface area contributed by atoms with E-state index in [4.69, 9.17) is 0 Å². The fourth-order valence-electron chi connectivity index (χ4n) is 4.57. The molecule has 2 saturated heterocycles. The van der Waals surface area contributed by atoms with Gasteiger partial charge in [-0.15, -0.1) is 0 Å². The van der Waals surface area contributed by atoms with Crippen molar-refractivity contribution in [3.05, 3.63) is 41.3 Å². The van der Waals surface area contributed by atoms with Gasteiger partial charge in [0.1, 0.15) is 5.54 Å². The number of urea groups is 1. The lowest BCUT2D eigenvalue weighted by molar-refractivity contribution is -0.134. The number of piperazine rings is 1. The summed E-state index contributed by atoms with van der Waals surface area (Å²) >= 11 is 0. The zero-order valence-electron chi connectivity index (χ0n) is 17.9. The van der Waals surface area contributed by atoms with Crippen molar-refractivity contribution in [3.63, 3.8) is 0 Å². The highest BCUT2D eigenvalue weighted by atomic mass is 32.2. The maximum absolute atomic E-state index is 12.7. The second-order valence-corrected chi connectivity index (χ2v) is 10.3. The number of sulfonamides is 1. The Hall–Kier alpha value is -2.72. The first-order valence-corrected chi connectivity index (χ1v) is 12.5. The minimum atomic E-state index is -3.57. The van der Waals surface area contributed by atoms with Crippen molar-refractivity contribution < 1.29 is 22.8 Å². The smallest absolute Gasteiger partial charge is 0.325 e. The molecule has 1 spiro atoms. The molecule has 9 nitrogen and oxygen atoms in total. The molecule has 32 heavy (non-hydrogen) atoms. The van der Waals surface area contributed by atoms with E-state index >= 15 is 0 Å². The number of nitrogens with zero attached hydrogens (tertiary/aromatic N) is 3. The first kappa shape index (κ1) is 22.5. The van der Waals surface area contributed by atoms with Gasteiger partial charge in [0.25, 0.3) is 5.91 Å². The Balaban J connectivity index is 1.27. The quantitative estimate of drug-likeness (QED) is 0.646. The van der Waals surface area contributed by atoms with Gasteiger partial charge in [0.15, 0.2) is 0 Å². The summed E-state index contributed by atoms with van der Waals surface area (Å²) in [7, 11) is -3.57. The van der Waals surface area contributed by atoms with Crippen molar-refractivity contribution in [1.29, 1.82) is 0 Å². The Labute approximate surface area is 188 Å². The second kappa shape index (κ2) is 9.03. The summed E-state index contributed by atoms with van der Waals surface area (Å²) < 4.78 is 26.5. The summed E-state index contributed by atoms with van der Waals surface area (Å²) in [6.45, 7) is 1.02. The van der Waals surface area contributed by atoms with Crippen LogP contribution in [-0.4, -0.2) is 78.6 Å². The second-order valence-electron chi connectivity index (χ2n) is 8.46. The number of carbonyl (C=O) groups excluding carboxylic acids is 3. The topological polar surface area (TPSA) is 107 Å². The van der Waals surface area contributed by atoms with E-state index in [0.29, 0.717) is 12.8 Å². The van der Waals surface area contributed by atoms with E-state index in [9.17, 15) is 22.8 Å². The van der Waals surface area contributed by atoms with Gasteiger partial charge >= 0.3 is 6.03 Å². The molecular weight excluding hydrogens is 432 g/mol. The molecule has 172 valence electrons. The Morgan fingerprint density at radius 2 is 1.69 bits per heavy atom. The zero-order valence-corrected chi connectivity index (χ0v) is 18.7. The predicted octanol–water partition coefficient (Wildman–Crippen LogP) is 1.39. The maximum Gasteiger partial charge on any atom is 0.325 e. The largest absolute Gasteiger partial charge is 0.340 e. The molecule has 0 atom stereocenters. The average molecular weight is 461 g/mol. The lowest BCUT2D eigenvalue weighted by atomic mass is 9.98. The van der Waals surface area contributed by atoms with Gasteiger partial charge in [0.05, 0.1) is 0 Å². The van der Waals surface area contributed by atoms with E-state index in [2.05, 4.69) is 5.32 Å². The van der Waals surface area contributed by atoms with Crippen molar-refractivity contribution in [2.75, 3.05) is 32.7 Å². The van der Waals surface area contributed by atoms with Gasteiger partial charge < -0.3 is 10.2 Å². The number of benzene rings is 1. The monoisotopic (exact) mass is 460 g/mol. The molecule has 1 aliphatic carbocycles. The summed E-state index contributed by atoms with van der Waals surface area (Å²) in [5.41, 5.74) is 0.0256. The van der Waals surface area contributed by atoms with E-state index in [-0.39, 0.29) is 51.0 Å². The maximum atomic E-state index is 12.7.